The zero-order chi connectivity index (χ0) is 17.3. The molecule has 0 radical (unpaired) electrons. The van der Waals surface area contributed by atoms with Gasteiger partial charge in [-0.1, -0.05) is 29.8 Å². The lowest BCUT2D eigenvalue weighted by Crippen LogP contribution is -2.21. The summed E-state index contributed by atoms with van der Waals surface area (Å²) in [5.41, 5.74) is 1.91. The van der Waals surface area contributed by atoms with E-state index in [1.165, 1.54) is 11.3 Å². The first kappa shape index (κ1) is 16.8. The summed E-state index contributed by atoms with van der Waals surface area (Å²) in [6.07, 6.45) is 4.38. The number of hydrogen-bond donors (Lipinski definition) is 1. The normalized spacial score (nSPS) is 16.0. The van der Waals surface area contributed by atoms with E-state index >= 15 is 0 Å². The average molecular weight is 389 g/mol. The van der Waals surface area contributed by atoms with Crippen LogP contribution in [0.15, 0.2) is 54.6 Å². The summed E-state index contributed by atoms with van der Waals surface area (Å²) in [7, 11) is -3.05. The fourth-order valence-corrected chi connectivity index (χ4v) is 7.16. The van der Waals surface area contributed by atoms with E-state index in [4.69, 9.17) is 16.6 Å². The Morgan fingerprint density at radius 2 is 1.72 bits per heavy atom. The fraction of sp³-hybridized carbons (Fsp3) is 0.211. The van der Waals surface area contributed by atoms with E-state index in [-0.39, 0.29) is 0 Å². The lowest BCUT2D eigenvalue weighted by atomic mass is 10.0. The van der Waals surface area contributed by atoms with Gasteiger partial charge in [0.15, 0.2) is 4.75 Å². The number of fused-ring (bicyclic) bond motifs is 1. The van der Waals surface area contributed by atoms with Gasteiger partial charge in [0.05, 0.1) is 5.69 Å². The van der Waals surface area contributed by atoms with Crippen LogP contribution in [-0.4, -0.2) is 4.98 Å². The van der Waals surface area contributed by atoms with Crippen LogP contribution in [0, 0.1) is 0 Å². The highest BCUT2D eigenvalue weighted by molar-refractivity contribution is 7.84. The van der Waals surface area contributed by atoms with Crippen LogP contribution < -0.4 is 15.1 Å². The molecule has 2 aromatic carbocycles. The molecule has 1 aliphatic carbocycles. The Kier molecular flexibility index (Phi) is 4.68. The topological polar surface area (TPSA) is 42.0 Å². The summed E-state index contributed by atoms with van der Waals surface area (Å²) in [4.78, 5) is 6.07. The number of aromatic nitrogens is 1. The molecule has 0 bridgehead atoms. The molecular weight excluding hydrogens is 371 g/mol. The van der Waals surface area contributed by atoms with Gasteiger partial charge in [-0.2, -0.15) is 0 Å². The second kappa shape index (κ2) is 6.95. The van der Waals surface area contributed by atoms with Crippen LogP contribution in [0.3, 0.4) is 0 Å². The highest BCUT2D eigenvalue weighted by atomic mass is 35.5. The molecular formula is C19H18ClN2OPS. The minimum Gasteiger partial charge on any atom is -0.328 e. The molecule has 0 saturated heterocycles. The number of rotatable bonds is 4. The van der Waals surface area contributed by atoms with Crippen molar-refractivity contribution in [3.8, 4) is 0 Å². The molecule has 1 N–H and O–H groups in total. The van der Waals surface area contributed by atoms with Crippen LogP contribution in [0.4, 0.5) is 5.69 Å². The molecule has 6 heteroatoms. The molecule has 128 valence electrons. The van der Waals surface area contributed by atoms with Crippen LogP contribution in [0.25, 0.3) is 0 Å². The third kappa shape index (κ3) is 3.39. The molecule has 1 aromatic heterocycles. The molecule has 4 rings (SSSR count). The van der Waals surface area contributed by atoms with Gasteiger partial charge in [0.2, 0.25) is 0 Å². The van der Waals surface area contributed by atoms with Crippen LogP contribution in [0.1, 0.15) is 23.4 Å². The monoisotopic (exact) mass is 388 g/mol. The van der Waals surface area contributed by atoms with Gasteiger partial charge in [-0.05, 0) is 62.1 Å². The Labute approximate surface area is 156 Å². The van der Waals surface area contributed by atoms with Crippen molar-refractivity contribution in [3.05, 3.63) is 70.2 Å². The molecule has 3 nitrogen and oxygen atoms in total. The zero-order valence-corrected chi connectivity index (χ0v) is 16.1. The Morgan fingerprint density at radius 3 is 2.44 bits per heavy atom. The maximum Gasteiger partial charge on any atom is 0.254 e. The highest BCUT2D eigenvalue weighted by Gasteiger charge is 2.32. The van der Waals surface area contributed by atoms with E-state index < -0.39 is 7.29 Å². The van der Waals surface area contributed by atoms with E-state index in [0.717, 1.165) is 35.9 Å². The largest absolute Gasteiger partial charge is 0.328 e. The molecule has 0 saturated carbocycles. The maximum absolute atomic E-state index is 14.1. The number of aryl methyl sites for hydroxylation is 2. The van der Waals surface area contributed by atoms with Crippen molar-refractivity contribution < 1.29 is 4.57 Å². The molecule has 1 atom stereocenters. The van der Waals surface area contributed by atoms with Crippen LogP contribution >= 0.6 is 30.2 Å². The zero-order valence-electron chi connectivity index (χ0n) is 13.6. The van der Waals surface area contributed by atoms with Crippen LogP contribution in [0.5, 0.6) is 0 Å². The summed E-state index contributed by atoms with van der Waals surface area (Å²) in [6, 6.07) is 16.9. The second-order valence-electron chi connectivity index (χ2n) is 6.14. The number of benzene rings is 2. The molecule has 0 spiro atoms. The number of nitrogens with one attached hydrogen (secondary N) is 1. The number of nitrogens with zero attached hydrogens (tertiary/aromatic N) is 1. The van der Waals surface area contributed by atoms with Crippen molar-refractivity contribution in [2.75, 3.05) is 5.09 Å². The molecule has 1 unspecified atom stereocenters. The third-order valence-electron chi connectivity index (χ3n) is 4.35. The Hall–Kier alpha value is -1.61. The number of thiazole rings is 1. The Bertz CT molecular complexity index is 901. The number of hydrogen-bond acceptors (Lipinski definition) is 3. The molecule has 1 heterocycles. The summed E-state index contributed by atoms with van der Waals surface area (Å²) < 4.78 is 14.8. The molecule has 0 amide bonds. The van der Waals surface area contributed by atoms with Crippen molar-refractivity contribution >= 4 is 46.0 Å². The van der Waals surface area contributed by atoms with Gasteiger partial charge in [-0.25, -0.2) is 4.98 Å². The predicted molar refractivity (Wildman–Crippen MR) is 107 cm³/mol. The first-order valence-electron chi connectivity index (χ1n) is 8.34. The van der Waals surface area contributed by atoms with Gasteiger partial charge in [0.1, 0.15) is 0 Å². The molecule has 3 aromatic rings. The van der Waals surface area contributed by atoms with Crippen LogP contribution in [-0.2, 0) is 17.4 Å². The Balaban J connectivity index is 1.80. The van der Waals surface area contributed by atoms with Gasteiger partial charge in [-0.15, -0.1) is 11.3 Å². The first-order chi connectivity index (χ1) is 12.1. The standard InChI is InChI=1S/C19H18ClN2OPS/c20-14-10-12-15(13-11-14)22-24(23,16-6-2-1-3-7-16)19-21-17-8-4-5-9-18(17)25-19/h1-3,6-7,10-13H,4-5,8-9H2,(H,22,23). The van der Waals surface area contributed by atoms with Gasteiger partial charge < -0.3 is 5.09 Å². The Morgan fingerprint density at radius 1 is 1.00 bits per heavy atom. The molecule has 0 fully saturated rings. The summed E-state index contributed by atoms with van der Waals surface area (Å²) in [6.45, 7) is 0. The lowest BCUT2D eigenvalue weighted by molar-refractivity contribution is 0.590. The van der Waals surface area contributed by atoms with E-state index in [0.29, 0.717) is 9.77 Å². The van der Waals surface area contributed by atoms with Crippen molar-refractivity contribution in [3.63, 3.8) is 0 Å². The lowest BCUT2D eigenvalue weighted by Gasteiger charge is -2.19. The summed E-state index contributed by atoms with van der Waals surface area (Å²) in [5.74, 6) is 0. The summed E-state index contributed by atoms with van der Waals surface area (Å²) >= 11 is 7.58. The van der Waals surface area contributed by atoms with Crippen molar-refractivity contribution in [1.29, 1.82) is 0 Å². The van der Waals surface area contributed by atoms with Crippen molar-refractivity contribution in [1.82, 2.24) is 4.98 Å². The van der Waals surface area contributed by atoms with Crippen molar-refractivity contribution in [2.45, 2.75) is 25.7 Å². The number of halogens is 1. The summed E-state index contributed by atoms with van der Waals surface area (Å²) in [5, 5.41) is 4.70. The number of anilines is 1. The predicted octanol–water partition coefficient (Wildman–Crippen LogP) is 5.02. The smallest absolute Gasteiger partial charge is 0.254 e. The van der Waals surface area contributed by atoms with E-state index in [1.807, 2.05) is 42.5 Å². The van der Waals surface area contributed by atoms with Gasteiger partial charge >= 0.3 is 0 Å². The van der Waals surface area contributed by atoms with E-state index in [2.05, 4.69) is 5.09 Å². The van der Waals surface area contributed by atoms with Gasteiger partial charge in [0.25, 0.3) is 7.29 Å². The van der Waals surface area contributed by atoms with E-state index in [9.17, 15) is 4.57 Å². The van der Waals surface area contributed by atoms with Gasteiger partial charge in [-0.3, -0.25) is 4.57 Å². The third-order valence-corrected chi connectivity index (χ3v) is 8.85. The molecule has 0 aliphatic heterocycles. The maximum atomic E-state index is 14.1. The SMILES string of the molecule is O=P(Nc1ccc(Cl)cc1)(c1ccccc1)c1nc2c(s1)CCCC2. The minimum absolute atomic E-state index is 0.657. The second-order valence-corrected chi connectivity index (χ2v) is 10.3. The fourth-order valence-electron chi connectivity index (χ4n) is 3.04. The highest BCUT2D eigenvalue weighted by Crippen LogP contribution is 2.45. The van der Waals surface area contributed by atoms with Gasteiger partial charge in [0, 0.05) is 20.9 Å². The molecule has 1 aliphatic rings. The van der Waals surface area contributed by atoms with Crippen LogP contribution in [0.2, 0.25) is 5.02 Å². The first-order valence-corrected chi connectivity index (χ1v) is 11.2. The van der Waals surface area contributed by atoms with Crippen molar-refractivity contribution in [2.24, 2.45) is 0 Å². The minimum atomic E-state index is -3.05. The molecule has 25 heavy (non-hydrogen) atoms. The van der Waals surface area contributed by atoms with E-state index in [1.54, 1.807) is 23.5 Å². The quantitative estimate of drug-likeness (QED) is 0.638. The average Bonchev–Trinajstić information content (AvgIpc) is 3.09.